The Labute approximate surface area is 95.5 Å². The van der Waals surface area contributed by atoms with Crippen molar-refractivity contribution in [3.63, 3.8) is 0 Å². The van der Waals surface area contributed by atoms with E-state index in [2.05, 4.69) is 15.6 Å². The van der Waals surface area contributed by atoms with Crippen LogP contribution in [0.4, 0.5) is 0 Å². The van der Waals surface area contributed by atoms with Gasteiger partial charge in [0.15, 0.2) is 4.38 Å². The molecule has 1 N–H and O–H groups in total. The highest BCUT2D eigenvalue weighted by atomic mass is 35.5. The Morgan fingerprint density at radius 3 is 3.00 bits per heavy atom. The molecule has 1 aliphatic rings. The first-order valence-electron chi connectivity index (χ1n) is 3.93. The Bertz CT molecular complexity index is 376. The van der Waals surface area contributed by atoms with Crippen LogP contribution in [0.1, 0.15) is 11.1 Å². The van der Waals surface area contributed by atoms with Gasteiger partial charge in [-0.2, -0.15) is 10.2 Å². The van der Waals surface area contributed by atoms with Gasteiger partial charge in [-0.3, -0.25) is 10.1 Å². The second-order valence-corrected chi connectivity index (χ2v) is 5.30. The van der Waals surface area contributed by atoms with Crippen molar-refractivity contribution in [3.05, 3.63) is 16.9 Å². The van der Waals surface area contributed by atoms with Crippen LogP contribution in [0.25, 0.3) is 0 Å². The normalized spacial score (nSPS) is 20.8. The van der Waals surface area contributed by atoms with E-state index in [9.17, 15) is 0 Å². The van der Waals surface area contributed by atoms with Crippen LogP contribution in [0.5, 0.6) is 0 Å². The van der Waals surface area contributed by atoms with Crippen molar-refractivity contribution in [2.45, 2.75) is 5.37 Å². The maximum atomic E-state index is 6.02. The summed E-state index contributed by atoms with van der Waals surface area (Å²) in [7, 11) is 1.85. The number of thioether (sulfide) groups is 2. The Kier molecular flexibility index (Phi) is 2.94. The summed E-state index contributed by atoms with van der Waals surface area (Å²) >= 11 is 9.27. The zero-order chi connectivity index (χ0) is 10.1. The largest absolute Gasteiger partial charge is 0.289 e. The van der Waals surface area contributed by atoms with Crippen molar-refractivity contribution in [2.75, 3.05) is 6.26 Å². The van der Waals surface area contributed by atoms with Gasteiger partial charge in [-0.25, -0.2) is 0 Å². The maximum Gasteiger partial charge on any atom is 0.152 e. The minimum absolute atomic E-state index is 0.0474. The summed E-state index contributed by atoms with van der Waals surface area (Å²) in [5, 5.41) is 9.15. The molecule has 1 aromatic rings. The topological polar surface area (TPSA) is 42.2 Å². The van der Waals surface area contributed by atoms with Crippen LogP contribution in [-0.4, -0.2) is 20.4 Å². The number of nitrogens with one attached hydrogen (secondary N) is 1. The van der Waals surface area contributed by atoms with Gasteiger partial charge in [0.25, 0.3) is 0 Å². The third-order valence-electron chi connectivity index (χ3n) is 1.73. The van der Waals surface area contributed by atoms with E-state index >= 15 is 0 Å². The Morgan fingerprint density at radius 1 is 1.71 bits per heavy atom. The molecule has 0 saturated carbocycles. The molecule has 2 heterocycles. The Hall–Kier alpha value is -0.330. The second kappa shape index (κ2) is 4.04. The zero-order valence-corrected chi connectivity index (χ0v) is 10.1. The van der Waals surface area contributed by atoms with E-state index < -0.39 is 0 Å². The number of aryl methyl sites for hydroxylation is 1. The molecule has 1 aromatic heterocycles. The van der Waals surface area contributed by atoms with Crippen LogP contribution < -0.4 is 5.43 Å². The molecule has 1 aliphatic heterocycles. The van der Waals surface area contributed by atoms with Crippen LogP contribution in [0.2, 0.25) is 5.02 Å². The molecule has 2 rings (SSSR count). The van der Waals surface area contributed by atoms with Gasteiger partial charge in [0.2, 0.25) is 0 Å². The minimum atomic E-state index is 0.0474. The number of hydrazone groups is 1. The summed E-state index contributed by atoms with van der Waals surface area (Å²) in [6.07, 6.45) is 3.78. The molecular weight excluding hydrogens is 240 g/mol. The standard InChI is InChI=1S/C7H9ClN4S2/c1-12-3-4(8)5(11-12)6-9-10-7(13-2)14-6/h3,6,9H,1-2H3/t6-/m0/s1. The first-order chi connectivity index (χ1) is 6.70. The van der Waals surface area contributed by atoms with E-state index in [-0.39, 0.29) is 5.37 Å². The van der Waals surface area contributed by atoms with Crippen molar-refractivity contribution in [2.24, 2.45) is 12.1 Å². The van der Waals surface area contributed by atoms with Crippen LogP contribution in [0.15, 0.2) is 11.3 Å². The van der Waals surface area contributed by atoms with Crippen LogP contribution in [-0.2, 0) is 7.05 Å². The summed E-state index contributed by atoms with van der Waals surface area (Å²) in [4.78, 5) is 0. The van der Waals surface area contributed by atoms with E-state index in [1.165, 1.54) is 0 Å². The lowest BCUT2D eigenvalue weighted by Crippen LogP contribution is -2.08. The number of rotatable bonds is 1. The summed E-state index contributed by atoms with van der Waals surface area (Å²) < 4.78 is 2.72. The van der Waals surface area contributed by atoms with Crippen molar-refractivity contribution >= 4 is 39.5 Å². The molecule has 0 saturated heterocycles. The number of hydrogen-bond acceptors (Lipinski definition) is 5. The molecule has 0 fully saturated rings. The molecular formula is C7H9ClN4S2. The number of hydrogen-bond donors (Lipinski definition) is 1. The highest BCUT2D eigenvalue weighted by molar-refractivity contribution is 8.38. The van der Waals surface area contributed by atoms with Gasteiger partial charge in [-0.05, 0) is 6.26 Å². The van der Waals surface area contributed by atoms with Crippen molar-refractivity contribution < 1.29 is 0 Å². The molecule has 1 atom stereocenters. The molecule has 0 amide bonds. The maximum absolute atomic E-state index is 6.02. The number of aromatic nitrogens is 2. The monoisotopic (exact) mass is 248 g/mol. The van der Waals surface area contributed by atoms with Crippen molar-refractivity contribution in [1.82, 2.24) is 15.2 Å². The molecule has 0 bridgehead atoms. The molecule has 0 aliphatic carbocycles. The average Bonchev–Trinajstić information content (AvgIpc) is 2.71. The van der Waals surface area contributed by atoms with E-state index in [1.807, 2.05) is 13.3 Å². The van der Waals surface area contributed by atoms with Crippen molar-refractivity contribution in [1.29, 1.82) is 0 Å². The number of nitrogens with zero attached hydrogens (tertiary/aromatic N) is 3. The van der Waals surface area contributed by atoms with Gasteiger partial charge in [-0.15, -0.1) is 11.8 Å². The van der Waals surface area contributed by atoms with Crippen LogP contribution in [0, 0.1) is 0 Å². The van der Waals surface area contributed by atoms with E-state index in [1.54, 1.807) is 34.4 Å². The summed E-state index contributed by atoms with van der Waals surface area (Å²) in [6.45, 7) is 0. The van der Waals surface area contributed by atoms with Crippen molar-refractivity contribution in [3.8, 4) is 0 Å². The Morgan fingerprint density at radius 2 is 2.50 bits per heavy atom. The molecule has 76 valence electrons. The molecule has 4 nitrogen and oxygen atoms in total. The summed E-state index contributed by atoms with van der Waals surface area (Å²) in [6, 6.07) is 0. The van der Waals surface area contributed by atoms with Gasteiger partial charge in [0, 0.05) is 13.2 Å². The smallest absolute Gasteiger partial charge is 0.152 e. The first kappa shape index (κ1) is 10.2. The molecule has 0 unspecified atom stereocenters. The van der Waals surface area contributed by atoms with Gasteiger partial charge >= 0.3 is 0 Å². The SMILES string of the molecule is CSC1=NN[C@H](c2nn(C)cc2Cl)S1. The van der Waals surface area contributed by atoms with Gasteiger partial charge in [0.1, 0.15) is 11.1 Å². The average molecular weight is 249 g/mol. The fourth-order valence-corrected chi connectivity index (χ4v) is 3.00. The molecule has 0 radical (unpaired) electrons. The lowest BCUT2D eigenvalue weighted by Gasteiger charge is -2.04. The fourth-order valence-electron chi connectivity index (χ4n) is 1.13. The minimum Gasteiger partial charge on any atom is -0.289 e. The Balaban J connectivity index is 2.15. The molecule has 0 aromatic carbocycles. The zero-order valence-electron chi connectivity index (χ0n) is 7.69. The predicted molar refractivity (Wildman–Crippen MR) is 62.6 cm³/mol. The third-order valence-corrected chi connectivity index (χ3v) is 4.10. The van der Waals surface area contributed by atoms with E-state index in [0.717, 1.165) is 10.1 Å². The summed E-state index contributed by atoms with van der Waals surface area (Å²) in [5.41, 5.74) is 3.84. The van der Waals surface area contributed by atoms with Gasteiger partial charge in [-0.1, -0.05) is 23.4 Å². The van der Waals surface area contributed by atoms with Crippen LogP contribution in [0.3, 0.4) is 0 Å². The highest BCUT2D eigenvalue weighted by Crippen LogP contribution is 2.36. The molecule has 0 spiro atoms. The van der Waals surface area contributed by atoms with E-state index in [0.29, 0.717) is 5.02 Å². The highest BCUT2D eigenvalue weighted by Gasteiger charge is 2.25. The lowest BCUT2D eigenvalue weighted by atomic mass is 10.4. The molecule has 7 heteroatoms. The molecule has 14 heavy (non-hydrogen) atoms. The lowest BCUT2D eigenvalue weighted by molar-refractivity contribution is 0.683. The third kappa shape index (κ3) is 1.87. The fraction of sp³-hybridized carbons (Fsp3) is 0.429. The van der Waals surface area contributed by atoms with E-state index in [4.69, 9.17) is 11.6 Å². The van der Waals surface area contributed by atoms with Crippen LogP contribution >= 0.6 is 35.1 Å². The summed E-state index contributed by atoms with van der Waals surface area (Å²) in [5.74, 6) is 0. The predicted octanol–water partition coefficient (Wildman–Crippen LogP) is 2.04. The second-order valence-electron chi connectivity index (χ2n) is 2.74. The first-order valence-corrected chi connectivity index (χ1v) is 6.42. The van der Waals surface area contributed by atoms with Gasteiger partial charge < -0.3 is 0 Å². The van der Waals surface area contributed by atoms with Gasteiger partial charge in [0.05, 0.1) is 5.02 Å². The quantitative estimate of drug-likeness (QED) is 0.826. The number of halogens is 1.